The van der Waals surface area contributed by atoms with Crippen molar-refractivity contribution in [2.45, 2.75) is 46.0 Å². The Morgan fingerprint density at radius 2 is 2.08 bits per heavy atom. The van der Waals surface area contributed by atoms with Gasteiger partial charge in [0.2, 0.25) is 0 Å². The Balaban J connectivity index is 1.84. The first-order valence-electron chi connectivity index (χ1n) is 13.3. The molecule has 1 heterocycles. The number of rotatable bonds is 14. The van der Waals surface area contributed by atoms with Gasteiger partial charge in [-0.1, -0.05) is 54.6 Å². The molecule has 1 aliphatic carbocycles. The smallest absolute Gasteiger partial charge is 0.157 e. The SMILES string of the molecule is C=CCc1ccc(NC(=C)CC2=C(CC(=C)CCCOCC)CN=C(C3=CC=C=C(C)C=C3)N=C2N)c(Cl)c1. The molecule has 0 amide bonds. The molecule has 0 fully saturated rings. The van der Waals surface area contributed by atoms with Crippen molar-refractivity contribution in [1.29, 1.82) is 0 Å². The van der Waals surface area contributed by atoms with Gasteiger partial charge in [-0.25, -0.2) is 4.99 Å². The molecule has 0 spiro atoms. The van der Waals surface area contributed by atoms with Crippen LogP contribution in [0.3, 0.4) is 0 Å². The Morgan fingerprint density at radius 3 is 2.82 bits per heavy atom. The Hall–Kier alpha value is -3.63. The zero-order valence-electron chi connectivity index (χ0n) is 23.2. The van der Waals surface area contributed by atoms with E-state index >= 15 is 0 Å². The van der Waals surface area contributed by atoms with E-state index in [4.69, 9.17) is 32.1 Å². The predicted octanol–water partition coefficient (Wildman–Crippen LogP) is 7.81. The van der Waals surface area contributed by atoms with Gasteiger partial charge in [-0.05, 0) is 80.5 Å². The van der Waals surface area contributed by atoms with E-state index in [0.717, 1.165) is 77.3 Å². The van der Waals surface area contributed by atoms with Crippen molar-refractivity contribution in [3.05, 3.63) is 118 Å². The van der Waals surface area contributed by atoms with Crippen LogP contribution in [0.1, 0.15) is 45.1 Å². The molecular weight excluding hydrogens is 504 g/mol. The van der Waals surface area contributed by atoms with Crippen LogP contribution in [0, 0.1) is 0 Å². The van der Waals surface area contributed by atoms with Crippen molar-refractivity contribution < 1.29 is 4.74 Å². The lowest BCUT2D eigenvalue weighted by atomic mass is 9.95. The van der Waals surface area contributed by atoms with Crippen LogP contribution in [0.25, 0.3) is 0 Å². The van der Waals surface area contributed by atoms with Gasteiger partial charge in [0.25, 0.3) is 0 Å². The normalized spacial score (nSPS) is 15.1. The number of halogens is 1. The van der Waals surface area contributed by atoms with Gasteiger partial charge in [0, 0.05) is 36.5 Å². The Kier molecular flexibility index (Phi) is 11.6. The summed E-state index contributed by atoms with van der Waals surface area (Å²) in [6.45, 7) is 18.3. The van der Waals surface area contributed by atoms with Crippen molar-refractivity contribution >= 4 is 29.0 Å². The third kappa shape index (κ3) is 9.26. The van der Waals surface area contributed by atoms with E-state index in [0.29, 0.717) is 36.1 Å². The number of allylic oxidation sites excluding steroid dienone is 6. The molecule has 1 aromatic rings. The van der Waals surface area contributed by atoms with Gasteiger partial charge in [0.05, 0.1) is 17.3 Å². The highest BCUT2D eigenvalue weighted by Gasteiger charge is 2.19. The highest BCUT2D eigenvalue weighted by atomic mass is 35.5. The number of hydrogen-bond acceptors (Lipinski definition) is 5. The third-order valence-electron chi connectivity index (χ3n) is 6.33. The van der Waals surface area contributed by atoms with Crippen LogP contribution >= 0.6 is 11.6 Å². The summed E-state index contributed by atoms with van der Waals surface area (Å²) in [4.78, 5) is 9.62. The largest absolute Gasteiger partial charge is 0.383 e. The molecule has 1 aromatic carbocycles. The van der Waals surface area contributed by atoms with Gasteiger partial charge in [-0.3, -0.25) is 4.99 Å². The number of nitrogens with zero attached hydrogens (tertiary/aromatic N) is 2. The predicted molar refractivity (Wildman–Crippen MR) is 168 cm³/mol. The summed E-state index contributed by atoms with van der Waals surface area (Å²) in [6, 6.07) is 5.93. The van der Waals surface area contributed by atoms with Crippen molar-refractivity contribution in [1.82, 2.24) is 0 Å². The molecule has 3 N–H and O–H groups in total. The molecule has 0 radical (unpaired) electrons. The molecule has 0 unspecified atom stereocenters. The summed E-state index contributed by atoms with van der Waals surface area (Å²) in [5.74, 6) is 1.04. The number of anilines is 1. The van der Waals surface area contributed by atoms with Crippen molar-refractivity contribution in [2.75, 3.05) is 25.1 Å². The lowest BCUT2D eigenvalue weighted by Gasteiger charge is -2.17. The van der Waals surface area contributed by atoms with Crippen LogP contribution in [0.5, 0.6) is 0 Å². The van der Waals surface area contributed by atoms with E-state index in [1.807, 2.05) is 62.4 Å². The first kappa shape index (κ1) is 29.9. The molecule has 0 bridgehead atoms. The fourth-order valence-electron chi connectivity index (χ4n) is 4.29. The molecule has 0 saturated carbocycles. The van der Waals surface area contributed by atoms with Gasteiger partial charge >= 0.3 is 0 Å². The zero-order chi connectivity index (χ0) is 28.2. The summed E-state index contributed by atoms with van der Waals surface area (Å²) < 4.78 is 5.50. The van der Waals surface area contributed by atoms with Crippen molar-refractivity contribution in [2.24, 2.45) is 15.7 Å². The van der Waals surface area contributed by atoms with E-state index < -0.39 is 0 Å². The van der Waals surface area contributed by atoms with Crippen molar-refractivity contribution in [3.63, 3.8) is 0 Å². The summed E-state index contributed by atoms with van der Waals surface area (Å²) in [7, 11) is 0. The van der Waals surface area contributed by atoms with Crippen molar-refractivity contribution in [3.8, 4) is 0 Å². The standard InChI is InChI=1S/C33H39ClN4O/c1-6-10-26-15-17-31(30(34)21-26)37-25(5)20-29-28(19-24(4)12-9-18-39-7-2)22-36-33(38-32(29)35)27-13-8-11-23(3)14-16-27/h6,8,13-17,21,37H,1,4-5,7,9-10,12,18-20,22H2,2-3H3,(H2,35,36,38). The van der Waals surface area contributed by atoms with Crippen LogP contribution < -0.4 is 11.1 Å². The van der Waals surface area contributed by atoms with E-state index in [2.05, 4.69) is 30.8 Å². The highest BCUT2D eigenvalue weighted by Crippen LogP contribution is 2.29. The topological polar surface area (TPSA) is 72.0 Å². The second-order valence-corrected chi connectivity index (χ2v) is 10.0. The quantitative estimate of drug-likeness (QED) is 0.143. The number of nitrogens with two attached hydrogens (primary N) is 1. The molecule has 0 aromatic heterocycles. The molecule has 0 saturated heterocycles. The summed E-state index contributed by atoms with van der Waals surface area (Å²) in [6.07, 6.45) is 13.4. The molecule has 3 rings (SSSR count). The maximum Gasteiger partial charge on any atom is 0.157 e. The van der Waals surface area contributed by atoms with Crippen LogP contribution in [-0.2, 0) is 11.2 Å². The third-order valence-corrected chi connectivity index (χ3v) is 6.64. The summed E-state index contributed by atoms with van der Waals surface area (Å²) in [5, 5.41) is 3.99. The molecule has 5 nitrogen and oxygen atoms in total. The van der Waals surface area contributed by atoms with Crippen LogP contribution in [0.4, 0.5) is 5.69 Å². The zero-order valence-corrected chi connectivity index (χ0v) is 23.9. The lowest BCUT2D eigenvalue weighted by molar-refractivity contribution is 0.145. The first-order chi connectivity index (χ1) is 18.8. The molecule has 1 aliphatic heterocycles. The minimum atomic E-state index is 0.436. The maximum atomic E-state index is 6.65. The Bertz CT molecular complexity index is 1330. The minimum Gasteiger partial charge on any atom is -0.383 e. The molecule has 6 heteroatoms. The van der Waals surface area contributed by atoms with Crippen LogP contribution in [-0.4, -0.2) is 31.4 Å². The average Bonchev–Trinajstić information content (AvgIpc) is 3.20. The summed E-state index contributed by atoms with van der Waals surface area (Å²) >= 11 is 6.54. The molecule has 39 heavy (non-hydrogen) atoms. The molecular formula is C33H39ClN4O. The second-order valence-electron chi connectivity index (χ2n) is 9.61. The number of nitrogens with one attached hydrogen (secondary N) is 1. The van der Waals surface area contributed by atoms with E-state index in [9.17, 15) is 0 Å². The van der Waals surface area contributed by atoms with Gasteiger partial charge in [-0.2, -0.15) is 0 Å². The van der Waals surface area contributed by atoms with Gasteiger partial charge in [0.1, 0.15) is 5.84 Å². The second kappa shape index (κ2) is 15.1. The number of hydrogen-bond donors (Lipinski definition) is 2. The van der Waals surface area contributed by atoms with E-state index in [1.165, 1.54) is 0 Å². The molecule has 204 valence electrons. The highest BCUT2D eigenvalue weighted by molar-refractivity contribution is 6.33. The number of ether oxygens (including phenoxy) is 1. The maximum absolute atomic E-state index is 6.65. The number of benzene rings is 1. The monoisotopic (exact) mass is 542 g/mol. The van der Waals surface area contributed by atoms with E-state index in [1.54, 1.807) is 0 Å². The van der Waals surface area contributed by atoms with E-state index in [-0.39, 0.29) is 0 Å². The lowest BCUT2D eigenvalue weighted by Crippen LogP contribution is -2.20. The molecule has 2 aliphatic rings. The number of aliphatic imine (C=N–C) groups is 2. The summed E-state index contributed by atoms with van der Waals surface area (Å²) in [5.41, 5.74) is 17.6. The number of amidine groups is 2. The van der Waals surface area contributed by atoms with Gasteiger partial charge in [0.15, 0.2) is 5.84 Å². The van der Waals surface area contributed by atoms with Crippen LogP contribution in [0.15, 0.2) is 118 Å². The van der Waals surface area contributed by atoms with Gasteiger partial charge < -0.3 is 15.8 Å². The fourth-order valence-corrected chi connectivity index (χ4v) is 4.54. The minimum absolute atomic E-state index is 0.436. The van der Waals surface area contributed by atoms with Crippen LogP contribution in [0.2, 0.25) is 5.02 Å². The first-order valence-corrected chi connectivity index (χ1v) is 13.7. The fraction of sp³-hybridized carbons (Fsp3) is 0.303. The average molecular weight is 543 g/mol. The Labute approximate surface area is 238 Å². The molecule has 0 atom stereocenters. The van der Waals surface area contributed by atoms with Gasteiger partial charge in [-0.15, -0.1) is 12.3 Å². The Morgan fingerprint density at radius 1 is 1.26 bits per heavy atom.